The molecule has 0 saturated heterocycles. The van der Waals surface area contributed by atoms with E-state index in [9.17, 15) is 14.4 Å². The third-order valence-corrected chi connectivity index (χ3v) is 5.35. The summed E-state index contributed by atoms with van der Waals surface area (Å²) in [6, 6.07) is 14.7. The molecule has 4 rings (SSSR count). The predicted octanol–water partition coefficient (Wildman–Crippen LogP) is 3.28. The van der Waals surface area contributed by atoms with Gasteiger partial charge in [-0.3, -0.25) is 9.59 Å². The van der Waals surface area contributed by atoms with Crippen molar-refractivity contribution in [1.82, 2.24) is 10.6 Å². The normalized spacial score (nSPS) is 11.5. The Morgan fingerprint density at radius 2 is 1.50 bits per heavy atom. The van der Waals surface area contributed by atoms with E-state index in [-0.39, 0.29) is 18.6 Å². The lowest BCUT2D eigenvalue weighted by atomic mass is 10.2. The number of hydrogen-bond acceptors (Lipinski definition) is 6. The first kappa shape index (κ1) is 21.2. The zero-order valence-corrected chi connectivity index (χ0v) is 17.7. The summed E-state index contributed by atoms with van der Waals surface area (Å²) in [5.74, 6) is 0.773. The summed E-state index contributed by atoms with van der Waals surface area (Å²) >= 11 is 1.36. The van der Waals surface area contributed by atoms with Crippen molar-refractivity contribution in [1.29, 1.82) is 0 Å². The maximum Gasteiger partial charge on any atom is 0.323 e. The quantitative estimate of drug-likeness (QED) is 0.411. The van der Waals surface area contributed by atoms with Crippen LogP contribution < -0.4 is 30.7 Å². The third kappa shape index (κ3) is 5.35. The summed E-state index contributed by atoms with van der Waals surface area (Å²) in [7, 11) is 0. The van der Waals surface area contributed by atoms with E-state index in [4.69, 9.17) is 9.47 Å². The molecule has 0 saturated carbocycles. The summed E-state index contributed by atoms with van der Waals surface area (Å²) in [6.07, 6.45) is 0. The van der Waals surface area contributed by atoms with Gasteiger partial charge in [-0.1, -0.05) is 6.07 Å². The van der Waals surface area contributed by atoms with Crippen LogP contribution in [0.5, 0.6) is 11.5 Å². The van der Waals surface area contributed by atoms with E-state index in [1.54, 1.807) is 54.6 Å². The second-order valence-corrected chi connectivity index (χ2v) is 7.66. The number of ether oxygens (including phenoxy) is 2. The van der Waals surface area contributed by atoms with Gasteiger partial charge in [0.15, 0.2) is 11.5 Å². The molecule has 1 aliphatic rings. The fraction of sp³-hybridized carbons (Fsp3) is 0.136. The van der Waals surface area contributed by atoms with Gasteiger partial charge in [0.1, 0.15) is 0 Å². The van der Waals surface area contributed by atoms with Crippen LogP contribution in [0.4, 0.5) is 16.2 Å². The number of carbonyl (C=O) groups excluding carboxylic acids is 3. The number of amides is 4. The number of urea groups is 1. The van der Waals surface area contributed by atoms with E-state index >= 15 is 0 Å². The van der Waals surface area contributed by atoms with Crippen LogP contribution >= 0.6 is 11.3 Å². The zero-order chi connectivity index (χ0) is 22.3. The molecule has 0 bridgehead atoms. The molecule has 2 heterocycles. The van der Waals surface area contributed by atoms with Crippen LogP contribution in [-0.4, -0.2) is 37.7 Å². The van der Waals surface area contributed by atoms with Gasteiger partial charge in [0, 0.05) is 36.1 Å². The van der Waals surface area contributed by atoms with Crippen LogP contribution in [0.25, 0.3) is 0 Å². The zero-order valence-electron chi connectivity index (χ0n) is 16.8. The fourth-order valence-corrected chi connectivity index (χ4v) is 3.56. The molecule has 164 valence electrons. The van der Waals surface area contributed by atoms with Gasteiger partial charge in [-0.25, -0.2) is 4.79 Å². The standard InChI is InChI=1S/C22H20N4O5S/c27-20(23-9-10-24-21(28)19-2-1-11-32-19)14-3-5-15(6-4-14)25-22(29)26-16-7-8-17-18(12-16)31-13-30-17/h1-8,11-12H,9-10,13H2,(H,23,27)(H,24,28)(H2,25,26,29). The highest BCUT2D eigenvalue weighted by molar-refractivity contribution is 7.12. The van der Waals surface area contributed by atoms with Crippen LogP contribution in [0.3, 0.4) is 0 Å². The third-order valence-electron chi connectivity index (χ3n) is 4.48. The van der Waals surface area contributed by atoms with Crippen LogP contribution in [0.15, 0.2) is 60.0 Å². The monoisotopic (exact) mass is 452 g/mol. The average molecular weight is 452 g/mol. The highest BCUT2D eigenvalue weighted by Crippen LogP contribution is 2.34. The van der Waals surface area contributed by atoms with E-state index < -0.39 is 6.03 Å². The summed E-state index contributed by atoms with van der Waals surface area (Å²) in [5, 5.41) is 12.7. The molecule has 1 aromatic heterocycles. The number of hydrogen-bond donors (Lipinski definition) is 4. The second kappa shape index (κ2) is 9.84. The molecule has 4 N–H and O–H groups in total. The van der Waals surface area contributed by atoms with Gasteiger partial charge in [0.25, 0.3) is 11.8 Å². The minimum Gasteiger partial charge on any atom is -0.454 e. The largest absolute Gasteiger partial charge is 0.454 e. The lowest BCUT2D eigenvalue weighted by Gasteiger charge is -2.09. The van der Waals surface area contributed by atoms with Crippen LogP contribution in [0.1, 0.15) is 20.0 Å². The summed E-state index contributed by atoms with van der Waals surface area (Å²) in [6.45, 7) is 0.782. The molecule has 0 unspecified atom stereocenters. The van der Waals surface area contributed by atoms with Crippen molar-refractivity contribution >= 4 is 40.6 Å². The first-order valence-electron chi connectivity index (χ1n) is 9.76. The predicted molar refractivity (Wildman–Crippen MR) is 121 cm³/mol. The van der Waals surface area contributed by atoms with E-state index in [1.807, 2.05) is 5.38 Å². The molecule has 0 aliphatic carbocycles. The highest BCUT2D eigenvalue weighted by atomic mass is 32.1. The Labute approximate surface area is 187 Å². The Balaban J connectivity index is 1.21. The van der Waals surface area contributed by atoms with Crippen molar-refractivity contribution in [2.75, 3.05) is 30.5 Å². The molecular formula is C22H20N4O5S. The molecule has 0 atom stereocenters. The SMILES string of the molecule is O=C(Nc1ccc(C(=O)NCCNC(=O)c2cccs2)cc1)Nc1ccc2c(c1)OCO2. The summed E-state index contributed by atoms with van der Waals surface area (Å²) in [4.78, 5) is 36.9. The maximum atomic E-state index is 12.2. The van der Waals surface area contributed by atoms with Gasteiger partial charge in [-0.05, 0) is 47.8 Å². The van der Waals surface area contributed by atoms with Gasteiger partial charge in [-0.2, -0.15) is 0 Å². The average Bonchev–Trinajstić information content (AvgIpc) is 3.48. The van der Waals surface area contributed by atoms with Gasteiger partial charge in [0.2, 0.25) is 6.79 Å². The minimum absolute atomic E-state index is 0.161. The van der Waals surface area contributed by atoms with Gasteiger partial charge in [0.05, 0.1) is 4.88 Å². The van der Waals surface area contributed by atoms with E-state index in [1.165, 1.54) is 11.3 Å². The van der Waals surface area contributed by atoms with Gasteiger partial charge >= 0.3 is 6.03 Å². The Hall–Kier alpha value is -4.05. The van der Waals surface area contributed by atoms with Gasteiger partial charge < -0.3 is 30.7 Å². The van der Waals surface area contributed by atoms with Crippen molar-refractivity contribution in [2.45, 2.75) is 0 Å². The molecule has 0 radical (unpaired) electrons. The molecule has 2 aromatic carbocycles. The molecule has 9 nitrogen and oxygen atoms in total. The maximum absolute atomic E-state index is 12.2. The van der Waals surface area contributed by atoms with E-state index in [0.29, 0.717) is 46.4 Å². The van der Waals surface area contributed by atoms with Crippen LogP contribution in [0, 0.1) is 0 Å². The van der Waals surface area contributed by atoms with E-state index in [2.05, 4.69) is 21.3 Å². The molecule has 10 heteroatoms. The number of thiophene rings is 1. The Bertz CT molecular complexity index is 1120. The van der Waals surface area contributed by atoms with Crippen LogP contribution in [-0.2, 0) is 0 Å². The number of rotatable bonds is 7. The van der Waals surface area contributed by atoms with Crippen molar-refractivity contribution in [3.05, 3.63) is 70.4 Å². The lowest BCUT2D eigenvalue weighted by molar-refractivity contribution is 0.0929. The molecular weight excluding hydrogens is 432 g/mol. The molecule has 0 fully saturated rings. The number of carbonyl (C=O) groups is 3. The first-order valence-corrected chi connectivity index (χ1v) is 10.6. The molecule has 4 amide bonds. The molecule has 32 heavy (non-hydrogen) atoms. The minimum atomic E-state index is -0.428. The lowest BCUT2D eigenvalue weighted by Crippen LogP contribution is -2.34. The topological polar surface area (TPSA) is 118 Å². The smallest absolute Gasteiger partial charge is 0.323 e. The summed E-state index contributed by atoms with van der Waals surface area (Å²) < 4.78 is 10.5. The fourth-order valence-electron chi connectivity index (χ4n) is 2.92. The van der Waals surface area contributed by atoms with Crippen molar-refractivity contribution in [2.24, 2.45) is 0 Å². The summed E-state index contributed by atoms with van der Waals surface area (Å²) in [5.41, 5.74) is 1.54. The first-order chi connectivity index (χ1) is 15.6. The molecule has 3 aromatic rings. The Morgan fingerprint density at radius 1 is 0.812 bits per heavy atom. The van der Waals surface area contributed by atoms with E-state index in [0.717, 1.165) is 0 Å². The second-order valence-electron chi connectivity index (χ2n) is 6.71. The highest BCUT2D eigenvalue weighted by Gasteiger charge is 2.14. The van der Waals surface area contributed by atoms with Crippen molar-refractivity contribution in [3.63, 3.8) is 0 Å². The Morgan fingerprint density at radius 3 is 2.25 bits per heavy atom. The molecule has 0 spiro atoms. The van der Waals surface area contributed by atoms with Crippen LogP contribution in [0.2, 0.25) is 0 Å². The Kier molecular flexibility index (Phi) is 6.52. The number of benzene rings is 2. The van der Waals surface area contributed by atoms with Gasteiger partial charge in [-0.15, -0.1) is 11.3 Å². The molecule has 1 aliphatic heterocycles. The number of anilines is 2. The number of fused-ring (bicyclic) bond motifs is 1. The number of nitrogens with one attached hydrogen (secondary N) is 4. The van der Waals surface area contributed by atoms with Crippen molar-refractivity contribution < 1.29 is 23.9 Å². The van der Waals surface area contributed by atoms with Crippen molar-refractivity contribution in [3.8, 4) is 11.5 Å².